The van der Waals surface area contributed by atoms with Crippen molar-refractivity contribution in [2.24, 2.45) is 0 Å². The van der Waals surface area contributed by atoms with Crippen LogP contribution in [0.2, 0.25) is 0 Å². The van der Waals surface area contributed by atoms with E-state index in [0.29, 0.717) is 16.7 Å². The summed E-state index contributed by atoms with van der Waals surface area (Å²) < 4.78 is 6.56. The van der Waals surface area contributed by atoms with Crippen molar-refractivity contribution in [3.63, 3.8) is 0 Å². The molecule has 0 atom stereocenters. The maximum atomic E-state index is 12.2. The molecule has 0 N–H and O–H groups in total. The molecular weight excluding hydrogens is 310 g/mol. The number of benzene rings is 1. The number of hydrogen-bond donors (Lipinski definition) is 0. The molecule has 0 amide bonds. The van der Waals surface area contributed by atoms with Crippen molar-refractivity contribution in [2.75, 3.05) is 0 Å². The van der Waals surface area contributed by atoms with Gasteiger partial charge in [-0.1, -0.05) is 18.2 Å². The molecule has 0 aliphatic heterocycles. The average molecular weight is 321 g/mol. The van der Waals surface area contributed by atoms with Crippen LogP contribution in [0.1, 0.15) is 15.2 Å². The van der Waals surface area contributed by atoms with Gasteiger partial charge in [-0.3, -0.25) is 4.98 Å². The molecule has 3 heterocycles. The second kappa shape index (κ2) is 5.73. The van der Waals surface area contributed by atoms with Gasteiger partial charge in [-0.2, -0.15) is 0 Å². The second-order valence-electron chi connectivity index (χ2n) is 4.95. The average Bonchev–Trinajstić information content (AvgIpc) is 3.02. The van der Waals surface area contributed by atoms with Crippen molar-refractivity contribution >= 4 is 38.6 Å². The van der Waals surface area contributed by atoms with E-state index in [-0.39, 0.29) is 6.61 Å². The number of fused-ring (bicyclic) bond motifs is 2. The van der Waals surface area contributed by atoms with Gasteiger partial charge < -0.3 is 4.74 Å². The summed E-state index contributed by atoms with van der Waals surface area (Å²) in [6.45, 7) is 0.247. The predicted molar refractivity (Wildman–Crippen MR) is 88.3 cm³/mol. The first-order valence-corrected chi connectivity index (χ1v) is 7.82. The largest absolute Gasteiger partial charge is 0.456 e. The first-order chi connectivity index (χ1) is 11.3. The lowest BCUT2D eigenvalue weighted by Gasteiger charge is -2.03. The number of hydrogen-bond acceptors (Lipinski definition) is 6. The van der Waals surface area contributed by atoms with Gasteiger partial charge in [0.2, 0.25) is 0 Å². The van der Waals surface area contributed by atoms with Crippen molar-refractivity contribution < 1.29 is 9.53 Å². The molecule has 0 fully saturated rings. The van der Waals surface area contributed by atoms with E-state index in [9.17, 15) is 4.79 Å². The third-order valence-corrected chi connectivity index (χ3v) is 4.47. The van der Waals surface area contributed by atoms with E-state index >= 15 is 0 Å². The lowest BCUT2D eigenvalue weighted by molar-refractivity contribution is 0.0476. The molecule has 0 radical (unpaired) electrons. The van der Waals surface area contributed by atoms with Gasteiger partial charge in [0.15, 0.2) is 5.65 Å². The number of nitrogens with zero attached hydrogens (tertiary/aromatic N) is 3. The standard InChI is InChI=1S/C17H11N3O2S/c21-17(12-8-14-16(20-9-12)19-6-5-18-14)22-10-13-7-11-3-1-2-4-15(11)23-13/h1-9H,10H2. The van der Waals surface area contributed by atoms with E-state index in [0.717, 1.165) is 10.3 Å². The zero-order chi connectivity index (χ0) is 15.6. The zero-order valence-corrected chi connectivity index (χ0v) is 12.8. The van der Waals surface area contributed by atoms with Crippen molar-refractivity contribution in [3.05, 3.63) is 65.4 Å². The molecule has 0 aliphatic rings. The molecule has 0 unspecified atom stereocenters. The van der Waals surface area contributed by atoms with Crippen LogP contribution in [0.5, 0.6) is 0 Å². The minimum absolute atomic E-state index is 0.247. The van der Waals surface area contributed by atoms with Crippen molar-refractivity contribution in [3.8, 4) is 0 Å². The molecule has 0 spiro atoms. The van der Waals surface area contributed by atoms with E-state index in [4.69, 9.17) is 4.74 Å². The number of pyridine rings is 1. The normalized spacial score (nSPS) is 11.0. The summed E-state index contributed by atoms with van der Waals surface area (Å²) in [5, 5.41) is 1.16. The highest BCUT2D eigenvalue weighted by atomic mass is 32.1. The van der Waals surface area contributed by atoms with E-state index in [1.165, 1.54) is 10.9 Å². The minimum atomic E-state index is -0.414. The third kappa shape index (κ3) is 2.76. The van der Waals surface area contributed by atoms with Crippen LogP contribution >= 0.6 is 11.3 Å². The number of ether oxygens (including phenoxy) is 1. The number of thiophene rings is 1. The maximum absolute atomic E-state index is 12.2. The number of rotatable bonds is 3. The Labute approximate surface area is 135 Å². The SMILES string of the molecule is O=C(OCc1cc2ccccc2s1)c1cnc2nccnc2c1. The van der Waals surface area contributed by atoms with Gasteiger partial charge in [-0.25, -0.2) is 14.8 Å². The fraction of sp³-hybridized carbons (Fsp3) is 0.0588. The molecule has 5 nitrogen and oxygen atoms in total. The van der Waals surface area contributed by atoms with Crippen LogP contribution in [-0.2, 0) is 11.3 Å². The Bertz CT molecular complexity index is 980. The summed E-state index contributed by atoms with van der Waals surface area (Å²) in [5.74, 6) is -0.414. The summed E-state index contributed by atoms with van der Waals surface area (Å²) in [6, 6.07) is 11.8. The summed E-state index contributed by atoms with van der Waals surface area (Å²) in [6.07, 6.45) is 4.59. The quantitative estimate of drug-likeness (QED) is 0.539. The second-order valence-corrected chi connectivity index (χ2v) is 6.12. The lowest BCUT2D eigenvalue weighted by Crippen LogP contribution is -2.05. The van der Waals surface area contributed by atoms with E-state index in [2.05, 4.69) is 21.0 Å². The summed E-state index contributed by atoms with van der Waals surface area (Å²) >= 11 is 1.62. The Morgan fingerprint density at radius 2 is 1.96 bits per heavy atom. The summed E-state index contributed by atoms with van der Waals surface area (Å²) in [5.41, 5.74) is 1.46. The molecule has 4 aromatic rings. The number of aromatic nitrogens is 3. The molecule has 0 aliphatic carbocycles. The van der Waals surface area contributed by atoms with Gasteiger partial charge in [0.25, 0.3) is 0 Å². The monoisotopic (exact) mass is 321 g/mol. The fourth-order valence-corrected chi connectivity index (χ4v) is 3.28. The molecule has 23 heavy (non-hydrogen) atoms. The van der Waals surface area contributed by atoms with E-state index in [1.54, 1.807) is 29.8 Å². The van der Waals surface area contributed by atoms with Gasteiger partial charge >= 0.3 is 5.97 Å². The highest BCUT2D eigenvalue weighted by molar-refractivity contribution is 7.19. The van der Waals surface area contributed by atoms with Gasteiger partial charge in [-0.05, 0) is 23.6 Å². The van der Waals surface area contributed by atoms with Crippen molar-refractivity contribution in [2.45, 2.75) is 6.61 Å². The van der Waals surface area contributed by atoms with Crippen LogP contribution in [0.25, 0.3) is 21.3 Å². The molecule has 112 valence electrons. The number of carbonyl (C=O) groups excluding carboxylic acids is 1. The van der Waals surface area contributed by atoms with Crippen molar-refractivity contribution in [1.82, 2.24) is 15.0 Å². The minimum Gasteiger partial charge on any atom is -0.456 e. The van der Waals surface area contributed by atoms with Gasteiger partial charge in [0.1, 0.15) is 12.1 Å². The number of carbonyl (C=O) groups is 1. The zero-order valence-electron chi connectivity index (χ0n) is 12.0. The maximum Gasteiger partial charge on any atom is 0.340 e. The molecule has 0 bridgehead atoms. The fourth-order valence-electron chi connectivity index (χ4n) is 2.30. The summed E-state index contributed by atoms with van der Waals surface area (Å²) in [4.78, 5) is 25.5. The Balaban J connectivity index is 1.52. The van der Waals surface area contributed by atoms with Crippen LogP contribution in [-0.4, -0.2) is 20.9 Å². The molecule has 6 heteroatoms. The topological polar surface area (TPSA) is 65.0 Å². The van der Waals surface area contributed by atoms with Crippen molar-refractivity contribution in [1.29, 1.82) is 0 Å². The molecule has 3 aromatic heterocycles. The highest BCUT2D eigenvalue weighted by Crippen LogP contribution is 2.26. The Kier molecular flexibility index (Phi) is 3.44. The Morgan fingerprint density at radius 1 is 1.09 bits per heavy atom. The highest BCUT2D eigenvalue weighted by Gasteiger charge is 2.11. The lowest BCUT2D eigenvalue weighted by atomic mass is 10.2. The molecule has 1 aromatic carbocycles. The molecule has 0 saturated carbocycles. The third-order valence-electron chi connectivity index (χ3n) is 3.38. The first-order valence-electron chi connectivity index (χ1n) is 7.01. The number of esters is 1. The van der Waals surface area contributed by atoms with E-state index in [1.807, 2.05) is 24.3 Å². The molecule has 4 rings (SSSR count). The molecular formula is C17H11N3O2S. The van der Waals surface area contributed by atoms with Gasteiger partial charge in [0, 0.05) is 28.2 Å². The van der Waals surface area contributed by atoms with Gasteiger partial charge in [-0.15, -0.1) is 11.3 Å². The van der Waals surface area contributed by atoms with E-state index < -0.39 is 5.97 Å². The van der Waals surface area contributed by atoms with Gasteiger partial charge in [0.05, 0.1) is 5.56 Å². The Hall–Kier alpha value is -2.86. The molecule has 0 saturated heterocycles. The smallest absolute Gasteiger partial charge is 0.340 e. The van der Waals surface area contributed by atoms with Crippen LogP contribution in [0.15, 0.2) is 55.0 Å². The van der Waals surface area contributed by atoms with Crippen LogP contribution in [0.4, 0.5) is 0 Å². The van der Waals surface area contributed by atoms with Crippen LogP contribution in [0.3, 0.4) is 0 Å². The van der Waals surface area contributed by atoms with Crippen LogP contribution in [0, 0.1) is 0 Å². The summed E-state index contributed by atoms with van der Waals surface area (Å²) in [7, 11) is 0. The predicted octanol–water partition coefficient (Wildman–Crippen LogP) is 3.60. The Morgan fingerprint density at radius 3 is 2.87 bits per heavy atom. The first kappa shape index (κ1) is 13.8. The van der Waals surface area contributed by atoms with Crippen LogP contribution < -0.4 is 0 Å².